The van der Waals surface area contributed by atoms with Gasteiger partial charge in [-0.1, -0.05) is 36.4 Å². The number of anilines is 1. The van der Waals surface area contributed by atoms with Crippen molar-refractivity contribution < 1.29 is 4.79 Å². The summed E-state index contributed by atoms with van der Waals surface area (Å²) in [7, 11) is 0. The van der Waals surface area contributed by atoms with E-state index in [0.29, 0.717) is 16.0 Å². The summed E-state index contributed by atoms with van der Waals surface area (Å²) in [6.45, 7) is 0. The Morgan fingerprint density at radius 3 is 2.55 bits per heavy atom. The molecule has 4 heteroatoms. The van der Waals surface area contributed by atoms with Gasteiger partial charge in [-0.15, -0.1) is 0 Å². The molecule has 0 fully saturated rings. The highest BCUT2D eigenvalue weighted by atomic mass is 79.9. The molecule has 3 rings (SSSR count). The molecule has 3 nitrogen and oxygen atoms in total. The lowest BCUT2D eigenvalue weighted by molar-refractivity contribution is 0.102. The van der Waals surface area contributed by atoms with Crippen LogP contribution in [-0.2, 0) is 0 Å². The highest BCUT2D eigenvalue weighted by Gasteiger charge is 2.07. The molecule has 0 unspecified atom stereocenters. The van der Waals surface area contributed by atoms with Crippen molar-refractivity contribution in [1.29, 1.82) is 0 Å². The number of benzene rings is 2. The zero-order chi connectivity index (χ0) is 13.9. The number of pyridine rings is 1. The molecule has 20 heavy (non-hydrogen) atoms. The zero-order valence-electron chi connectivity index (χ0n) is 10.5. The minimum absolute atomic E-state index is 0.165. The van der Waals surface area contributed by atoms with Crippen molar-refractivity contribution >= 4 is 38.4 Å². The summed E-state index contributed by atoms with van der Waals surface area (Å²) >= 11 is 3.28. The van der Waals surface area contributed by atoms with Crippen LogP contribution in [0.5, 0.6) is 0 Å². The van der Waals surface area contributed by atoms with Gasteiger partial charge in [0.25, 0.3) is 5.91 Å². The molecule has 2 aromatic carbocycles. The molecule has 0 aliphatic carbocycles. The number of carbonyl (C=O) groups excluding carboxylic acids is 1. The minimum Gasteiger partial charge on any atom is -0.307 e. The van der Waals surface area contributed by atoms with Crippen LogP contribution < -0.4 is 5.32 Å². The Kier molecular flexibility index (Phi) is 3.48. The molecule has 0 spiro atoms. The second kappa shape index (κ2) is 5.43. The topological polar surface area (TPSA) is 42.0 Å². The van der Waals surface area contributed by atoms with E-state index in [1.54, 1.807) is 6.07 Å². The summed E-state index contributed by atoms with van der Waals surface area (Å²) in [5, 5.41) is 4.94. The maximum absolute atomic E-state index is 12.2. The van der Waals surface area contributed by atoms with Gasteiger partial charge >= 0.3 is 0 Å². The predicted octanol–water partition coefficient (Wildman–Crippen LogP) is 4.25. The molecule has 0 aliphatic rings. The van der Waals surface area contributed by atoms with Gasteiger partial charge in [-0.05, 0) is 51.0 Å². The molecule has 0 saturated heterocycles. The number of amides is 1. The Bertz CT molecular complexity index is 786. The third-order valence-electron chi connectivity index (χ3n) is 2.97. The fraction of sp³-hybridized carbons (Fsp3) is 0. The van der Waals surface area contributed by atoms with Gasteiger partial charge in [0.15, 0.2) is 0 Å². The third-order valence-corrected chi connectivity index (χ3v) is 3.41. The van der Waals surface area contributed by atoms with E-state index in [-0.39, 0.29) is 5.91 Å². The maximum atomic E-state index is 12.2. The molecule has 1 aromatic heterocycles. The van der Waals surface area contributed by atoms with Crippen LogP contribution in [0.3, 0.4) is 0 Å². The van der Waals surface area contributed by atoms with E-state index in [0.717, 1.165) is 10.8 Å². The lowest BCUT2D eigenvalue weighted by Crippen LogP contribution is -2.12. The van der Waals surface area contributed by atoms with Crippen LogP contribution in [0.25, 0.3) is 10.8 Å². The lowest BCUT2D eigenvalue weighted by Gasteiger charge is -2.06. The molecule has 1 N–H and O–H groups in total. The number of fused-ring (bicyclic) bond motifs is 1. The standard InChI is InChI=1S/C16H11BrN2O/c17-14-6-3-7-15(18-14)19-16(20)13-9-8-11-4-1-2-5-12(11)10-13/h1-10H,(H,18,19,20). The number of hydrogen-bond donors (Lipinski definition) is 1. The van der Waals surface area contributed by atoms with Crippen molar-refractivity contribution in [3.8, 4) is 0 Å². The molecule has 1 amide bonds. The monoisotopic (exact) mass is 326 g/mol. The first-order valence-electron chi connectivity index (χ1n) is 6.15. The van der Waals surface area contributed by atoms with Crippen molar-refractivity contribution in [2.45, 2.75) is 0 Å². The molecule has 0 radical (unpaired) electrons. The third kappa shape index (κ3) is 2.70. The molecule has 3 aromatic rings. The molecule has 0 atom stereocenters. The van der Waals surface area contributed by atoms with Crippen molar-refractivity contribution in [3.05, 3.63) is 70.8 Å². The van der Waals surface area contributed by atoms with Gasteiger partial charge in [0.05, 0.1) is 0 Å². The number of aromatic nitrogens is 1. The van der Waals surface area contributed by atoms with Gasteiger partial charge in [0, 0.05) is 5.56 Å². The number of halogens is 1. The molecule has 1 heterocycles. The Morgan fingerprint density at radius 1 is 0.950 bits per heavy atom. The lowest BCUT2D eigenvalue weighted by atomic mass is 10.1. The van der Waals surface area contributed by atoms with Gasteiger partial charge in [-0.3, -0.25) is 4.79 Å². The van der Waals surface area contributed by atoms with E-state index in [1.807, 2.05) is 54.6 Å². The van der Waals surface area contributed by atoms with Gasteiger partial charge in [0.1, 0.15) is 10.4 Å². The van der Waals surface area contributed by atoms with Crippen LogP contribution in [0, 0.1) is 0 Å². The first-order chi connectivity index (χ1) is 9.72. The fourth-order valence-electron chi connectivity index (χ4n) is 2.00. The van der Waals surface area contributed by atoms with Crippen LogP contribution in [-0.4, -0.2) is 10.9 Å². The maximum Gasteiger partial charge on any atom is 0.256 e. The van der Waals surface area contributed by atoms with Crippen LogP contribution in [0.4, 0.5) is 5.82 Å². The van der Waals surface area contributed by atoms with Gasteiger partial charge < -0.3 is 5.32 Å². The highest BCUT2D eigenvalue weighted by molar-refractivity contribution is 9.10. The average molecular weight is 327 g/mol. The summed E-state index contributed by atoms with van der Waals surface area (Å²) in [4.78, 5) is 16.4. The van der Waals surface area contributed by atoms with Gasteiger partial charge in [-0.2, -0.15) is 0 Å². The summed E-state index contributed by atoms with van der Waals surface area (Å²) < 4.78 is 0.689. The van der Waals surface area contributed by atoms with Crippen LogP contribution in [0.1, 0.15) is 10.4 Å². The normalized spacial score (nSPS) is 10.4. The second-order valence-electron chi connectivity index (χ2n) is 4.36. The Hall–Kier alpha value is -2.20. The molecule has 0 aliphatic heterocycles. The Morgan fingerprint density at radius 2 is 1.75 bits per heavy atom. The van der Waals surface area contributed by atoms with Crippen molar-refractivity contribution in [2.24, 2.45) is 0 Å². The second-order valence-corrected chi connectivity index (χ2v) is 5.17. The van der Waals surface area contributed by atoms with E-state index < -0.39 is 0 Å². The molecular formula is C16H11BrN2O. The van der Waals surface area contributed by atoms with Crippen molar-refractivity contribution in [2.75, 3.05) is 5.32 Å². The zero-order valence-corrected chi connectivity index (χ0v) is 12.1. The van der Waals surface area contributed by atoms with E-state index >= 15 is 0 Å². The molecular weight excluding hydrogens is 316 g/mol. The quantitative estimate of drug-likeness (QED) is 0.715. The minimum atomic E-state index is -0.165. The van der Waals surface area contributed by atoms with Crippen LogP contribution in [0.15, 0.2) is 65.3 Å². The highest BCUT2D eigenvalue weighted by Crippen LogP contribution is 2.17. The first kappa shape index (κ1) is 12.8. The number of carbonyl (C=O) groups is 1. The largest absolute Gasteiger partial charge is 0.307 e. The Labute approximate surface area is 124 Å². The molecule has 0 bridgehead atoms. The Balaban J connectivity index is 1.88. The number of rotatable bonds is 2. The number of nitrogens with one attached hydrogen (secondary N) is 1. The number of hydrogen-bond acceptors (Lipinski definition) is 2. The molecule has 0 saturated carbocycles. The summed E-state index contributed by atoms with van der Waals surface area (Å²) in [6.07, 6.45) is 0. The SMILES string of the molecule is O=C(Nc1cccc(Br)n1)c1ccc2ccccc2c1. The van der Waals surface area contributed by atoms with E-state index in [9.17, 15) is 4.79 Å². The summed E-state index contributed by atoms with van der Waals surface area (Å²) in [5.74, 6) is 0.360. The summed E-state index contributed by atoms with van der Waals surface area (Å²) in [6, 6.07) is 19.0. The van der Waals surface area contributed by atoms with Crippen molar-refractivity contribution in [1.82, 2.24) is 4.98 Å². The van der Waals surface area contributed by atoms with E-state index in [1.165, 1.54) is 0 Å². The smallest absolute Gasteiger partial charge is 0.256 e. The molecule has 98 valence electrons. The van der Waals surface area contributed by atoms with E-state index in [4.69, 9.17) is 0 Å². The first-order valence-corrected chi connectivity index (χ1v) is 6.94. The number of nitrogens with zero attached hydrogens (tertiary/aromatic N) is 1. The fourth-order valence-corrected chi connectivity index (χ4v) is 2.34. The van der Waals surface area contributed by atoms with Crippen LogP contribution in [0.2, 0.25) is 0 Å². The van der Waals surface area contributed by atoms with Gasteiger partial charge in [-0.25, -0.2) is 4.98 Å². The average Bonchev–Trinajstić information content (AvgIpc) is 2.47. The van der Waals surface area contributed by atoms with Crippen molar-refractivity contribution in [3.63, 3.8) is 0 Å². The van der Waals surface area contributed by atoms with Crippen LogP contribution >= 0.6 is 15.9 Å². The van der Waals surface area contributed by atoms with E-state index in [2.05, 4.69) is 26.2 Å². The van der Waals surface area contributed by atoms with Gasteiger partial charge in [0.2, 0.25) is 0 Å². The predicted molar refractivity (Wildman–Crippen MR) is 83.8 cm³/mol. The summed E-state index contributed by atoms with van der Waals surface area (Å²) in [5.41, 5.74) is 0.616.